The summed E-state index contributed by atoms with van der Waals surface area (Å²) < 4.78 is 2.57. The lowest BCUT2D eigenvalue weighted by Crippen LogP contribution is -2.47. The first kappa shape index (κ1) is 22.4. The summed E-state index contributed by atoms with van der Waals surface area (Å²) >= 11 is 3.57. The van der Waals surface area contributed by atoms with Gasteiger partial charge in [-0.2, -0.15) is 5.10 Å². The fourth-order valence-electron chi connectivity index (χ4n) is 5.93. The van der Waals surface area contributed by atoms with Gasteiger partial charge in [-0.1, -0.05) is 25.1 Å². The zero-order valence-corrected chi connectivity index (χ0v) is 21.3. The average molecular weight is 536 g/mol. The highest BCUT2D eigenvalue weighted by molar-refractivity contribution is 9.10. The molecular weight excluding hydrogens is 510 g/mol. The lowest BCUT2D eigenvalue weighted by molar-refractivity contribution is -0.138. The second-order valence-electron chi connectivity index (χ2n) is 10.2. The number of hydrogen-bond donors (Lipinski definition) is 1. The van der Waals surface area contributed by atoms with Crippen LogP contribution in [0.25, 0.3) is 10.9 Å². The number of piperidine rings is 1. The van der Waals surface area contributed by atoms with Gasteiger partial charge < -0.3 is 10.2 Å². The van der Waals surface area contributed by atoms with Crippen LogP contribution in [0.4, 0.5) is 5.82 Å². The van der Waals surface area contributed by atoms with Crippen molar-refractivity contribution in [2.75, 3.05) is 5.32 Å². The zero-order valence-electron chi connectivity index (χ0n) is 19.7. The van der Waals surface area contributed by atoms with Crippen molar-refractivity contribution in [3.05, 3.63) is 51.8 Å². The number of pyridine rings is 1. The number of carbonyl (C=O) groups is 3. The summed E-state index contributed by atoms with van der Waals surface area (Å²) in [6.07, 6.45) is 6.16. The first-order chi connectivity index (χ1) is 16.8. The molecule has 2 aliphatic carbocycles. The van der Waals surface area contributed by atoms with Gasteiger partial charge in [-0.3, -0.25) is 19.1 Å². The van der Waals surface area contributed by atoms with Crippen LogP contribution in [-0.2, 0) is 29.0 Å². The molecule has 9 heteroatoms. The maximum atomic E-state index is 13.6. The lowest BCUT2D eigenvalue weighted by Gasteiger charge is -2.27. The van der Waals surface area contributed by atoms with Crippen molar-refractivity contribution < 1.29 is 14.4 Å². The molecule has 180 valence electrons. The van der Waals surface area contributed by atoms with Crippen LogP contribution in [-0.4, -0.2) is 49.3 Å². The topological polar surface area (TPSA) is 97.2 Å². The average Bonchev–Trinajstić information content (AvgIpc) is 3.22. The Bertz CT molecular complexity index is 1420. The van der Waals surface area contributed by atoms with E-state index in [1.54, 1.807) is 15.8 Å². The normalized spacial score (nSPS) is 24.4. The van der Waals surface area contributed by atoms with Crippen molar-refractivity contribution in [2.45, 2.75) is 64.6 Å². The van der Waals surface area contributed by atoms with Gasteiger partial charge >= 0.3 is 0 Å². The van der Waals surface area contributed by atoms with E-state index in [-0.39, 0.29) is 35.6 Å². The Morgan fingerprint density at radius 2 is 1.94 bits per heavy atom. The number of nitrogens with zero attached hydrogens (tertiary/aromatic N) is 4. The van der Waals surface area contributed by atoms with Crippen molar-refractivity contribution in [1.29, 1.82) is 0 Å². The summed E-state index contributed by atoms with van der Waals surface area (Å²) in [4.78, 5) is 45.4. The third-order valence-corrected chi connectivity index (χ3v) is 8.53. The Morgan fingerprint density at radius 1 is 1.17 bits per heavy atom. The number of benzene rings is 1. The van der Waals surface area contributed by atoms with Crippen LogP contribution in [0, 0.1) is 5.41 Å². The molecule has 3 atom stereocenters. The number of Topliss-reactive ketones (excluding diaryl/α,β-unsaturated/α-hetero) is 1. The van der Waals surface area contributed by atoms with Crippen molar-refractivity contribution in [2.24, 2.45) is 5.41 Å². The van der Waals surface area contributed by atoms with E-state index in [1.807, 2.05) is 24.3 Å². The van der Waals surface area contributed by atoms with Crippen LogP contribution < -0.4 is 5.32 Å². The Morgan fingerprint density at radius 3 is 2.74 bits per heavy atom. The molecule has 1 aliphatic heterocycles. The molecule has 2 amide bonds. The molecule has 6 rings (SSSR count). The van der Waals surface area contributed by atoms with Crippen molar-refractivity contribution in [3.63, 3.8) is 0 Å². The molecule has 3 aliphatic rings. The van der Waals surface area contributed by atoms with Crippen LogP contribution in [0.15, 0.2) is 34.9 Å². The molecule has 1 aromatic carbocycles. The smallest absolute Gasteiger partial charge is 0.248 e. The van der Waals surface area contributed by atoms with Gasteiger partial charge in [0.15, 0.2) is 5.78 Å². The predicted molar refractivity (Wildman–Crippen MR) is 134 cm³/mol. The van der Waals surface area contributed by atoms with Gasteiger partial charge in [0, 0.05) is 29.0 Å². The number of ketones is 1. The molecule has 1 unspecified atom stereocenters. The fourth-order valence-corrected chi connectivity index (χ4v) is 6.47. The van der Waals surface area contributed by atoms with E-state index in [0.717, 1.165) is 46.6 Å². The molecule has 2 fully saturated rings. The van der Waals surface area contributed by atoms with Crippen LogP contribution in [0.2, 0.25) is 0 Å². The molecule has 1 saturated heterocycles. The summed E-state index contributed by atoms with van der Waals surface area (Å²) in [5, 5.41) is 8.21. The van der Waals surface area contributed by atoms with Crippen LogP contribution in [0.5, 0.6) is 0 Å². The third-order valence-electron chi connectivity index (χ3n) is 7.84. The molecule has 0 radical (unpaired) electrons. The number of likely N-dealkylation sites (tertiary alicyclic amines) is 1. The van der Waals surface area contributed by atoms with Crippen LogP contribution in [0.1, 0.15) is 54.7 Å². The summed E-state index contributed by atoms with van der Waals surface area (Å²) in [6.45, 7) is 3.60. The molecule has 3 heterocycles. The van der Waals surface area contributed by atoms with Gasteiger partial charge in [-0.15, -0.1) is 0 Å². The van der Waals surface area contributed by atoms with E-state index in [9.17, 15) is 14.4 Å². The largest absolute Gasteiger partial charge is 0.325 e. The number of anilines is 1. The van der Waals surface area contributed by atoms with Gasteiger partial charge in [-0.05, 0) is 70.6 Å². The van der Waals surface area contributed by atoms with E-state index in [4.69, 9.17) is 0 Å². The van der Waals surface area contributed by atoms with Crippen molar-refractivity contribution >= 4 is 50.2 Å². The quantitative estimate of drug-likeness (QED) is 0.499. The molecule has 2 aromatic heterocycles. The Kier molecular flexibility index (Phi) is 5.11. The number of para-hydroxylation sites is 1. The van der Waals surface area contributed by atoms with E-state index >= 15 is 0 Å². The van der Waals surface area contributed by atoms with Crippen molar-refractivity contribution in [1.82, 2.24) is 19.7 Å². The molecular formula is C26H26BrN5O3. The maximum absolute atomic E-state index is 13.6. The highest BCUT2D eigenvalue weighted by Gasteiger charge is 2.64. The number of aromatic nitrogens is 3. The molecule has 0 spiro atoms. The second kappa shape index (κ2) is 7.98. The lowest BCUT2D eigenvalue weighted by atomic mass is 10.0. The number of hydrogen-bond acceptors (Lipinski definition) is 5. The van der Waals surface area contributed by atoms with E-state index in [0.29, 0.717) is 17.9 Å². The highest BCUT2D eigenvalue weighted by atomic mass is 79.9. The van der Waals surface area contributed by atoms with Gasteiger partial charge in [-0.25, -0.2) is 4.98 Å². The molecule has 0 bridgehead atoms. The predicted octanol–water partition coefficient (Wildman–Crippen LogP) is 3.90. The second-order valence-corrected chi connectivity index (χ2v) is 11.1. The minimum absolute atomic E-state index is 0.0178. The highest BCUT2D eigenvalue weighted by Crippen LogP contribution is 2.59. The number of amides is 2. The molecule has 1 N–H and O–H groups in total. The SMILES string of the molecule is CC(=O)c1nn(CC(=O)N2C(C(=O)Nc3ncc(Br)c4c3CCC4)C[C@@]3(C)C[C@@H]23)c2ccccc12. The Hall–Kier alpha value is -3.07. The number of carbonyl (C=O) groups excluding carboxylic acids is 3. The summed E-state index contributed by atoms with van der Waals surface area (Å²) in [5.74, 6) is 0.113. The van der Waals surface area contributed by atoms with E-state index in [1.165, 1.54) is 12.5 Å². The van der Waals surface area contributed by atoms with E-state index < -0.39 is 6.04 Å². The van der Waals surface area contributed by atoms with Gasteiger partial charge in [0.25, 0.3) is 0 Å². The maximum Gasteiger partial charge on any atom is 0.248 e. The summed E-state index contributed by atoms with van der Waals surface area (Å²) in [6, 6.07) is 6.91. The van der Waals surface area contributed by atoms with Gasteiger partial charge in [0.2, 0.25) is 11.8 Å². The number of nitrogens with one attached hydrogen (secondary N) is 1. The Balaban J connectivity index is 1.27. The minimum atomic E-state index is -0.553. The first-order valence-electron chi connectivity index (χ1n) is 12.0. The number of halogens is 1. The fraction of sp³-hybridized carbons (Fsp3) is 0.423. The van der Waals surface area contributed by atoms with E-state index in [2.05, 4.69) is 38.3 Å². The number of fused-ring (bicyclic) bond motifs is 3. The summed E-state index contributed by atoms with van der Waals surface area (Å²) in [5.41, 5.74) is 3.34. The number of rotatable bonds is 5. The molecule has 3 aromatic rings. The Labute approximate surface area is 211 Å². The molecule has 8 nitrogen and oxygen atoms in total. The minimum Gasteiger partial charge on any atom is -0.325 e. The monoisotopic (exact) mass is 535 g/mol. The summed E-state index contributed by atoms with van der Waals surface area (Å²) in [7, 11) is 0. The van der Waals surface area contributed by atoms with Gasteiger partial charge in [0.05, 0.1) is 5.52 Å². The van der Waals surface area contributed by atoms with Crippen LogP contribution >= 0.6 is 15.9 Å². The standard InChI is InChI=1S/C26H26BrN5O3/c1-14(33)23-17-6-3-4-9-19(17)31(30-23)13-22(34)32-20(10-26(2)11-21(26)32)25(35)29-24-16-8-5-7-15(16)18(27)12-28-24/h3-4,6,9,12,20-21H,5,7-8,10-11,13H2,1-2H3,(H,28,29,35)/t20?,21-,26+/m1/s1. The van der Waals surface area contributed by atoms with Crippen LogP contribution in [0.3, 0.4) is 0 Å². The van der Waals surface area contributed by atoms with Gasteiger partial charge in [0.1, 0.15) is 24.1 Å². The zero-order chi connectivity index (χ0) is 24.5. The van der Waals surface area contributed by atoms with Crippen molar-refractivity contribution in [3.8, 4) is 0 Å². The first-order valence-corrected chi connectivity index (χ1v) is 12.8. The third kappa shape index (κ3) is 3.59. The molecule has 35 heavy (non-hydrogen) atoms. The molecule has 1 saturated carbocycles.